The van der Waals surface area contributed by atoms with Gasteiger partial charge in [-0.15, -0.1) is 11.6 Å². The molecule has 1 atom stereocenters. The van der Waals surface area contributed by atoms with E-state index >= 15 is 0 Å². The van der Waals surface area contributed by atoms with Gasteiger partial charge in [0.25, 0.3) is 0 Å². The molecule has 0 saturated heterocycles. The van der Waals surface area contributed by atoms with E-state index in [4.69, 9.17) is 11.6 Å². The monoisotopic (exact) mass is 322 g/mol. The lowest BCUT2D eigenvalue weighted by Crippen LogP contribution is -2.25. The summed E-state index contributed by atoms with van der Waals surface area (Å²) in [5.74, 6) is -0.0502. The average molecular weight is 324 g/mol. The Labute approximate surface area is 113 Å². The summed E-state index contributed by atoms with van der Waals surface area (Å²) in [5.41, 5.74) is -0.0567. The summed E-state index contributed by atoms with van der Waals surface area (Å²) in [7, 11) is 0. The molecule has 0 heterocycles. The quantitative estimate of drug-likeness (QED) is 0.545. The number of hydrogen-bond acceptors (Lipinski definition) is 0. The molecule has 1 aromatic carbocycles. The molecule has 1 aliphatic rings. The molecule has 1 aromatic rings. The van der Waals surface area contributed by atoms with E-state index in [0.717, 1.165) is 12.8 Å². The van der Waals surface area contributed by atoms with E-state index in [0.29, 0.717) is 22.7 Å². The molecule has 0 radical (unpaired) electrons. The van der Waals surface area contributed by atoms with Gasteiger partial charge >= 0.3 is 0 Å². The molecular weight excluding hydrogens is 309 g/mol. The summed E-state index contributed by atoms with van der Waals surface area (Å²) in [6.45, 7) is 2.01. The summed E-state index contributed by atoms with van der Waals surface area (Å²) < 4.78 is 27.9. The van der Waals surface area contributed by atoms with E-state index in [-0.39, 0.29) is 11.0 Å². The number of rotatable bonds is 4. The second kappa shape index (κ2) is 4.85. The van der Waals surface area contributed by atoms with Gasteiger partial charge in [0.15, 0.2) is 0 Å². The Kier molecular flexibility index (Phi) is 3.79. The molecule has 0 nitrogen and oxygen atoms in total. The fraction of sp³-hybridized carbons (Fsp3) is 0.538. The van der Waals surface area contributed by atoms with Crippen LogP contribution >= 0.6 is 27.5 Å². The Hall–Kier alpha value is -0.150. The van der Waals surface area contributed by atoms with Gasteiger partial charge in [-0.3, -0.25) is 0 Å². The number of hydrogen-bond donors (Lipinski definition) is 0. The Morgan fingerprint density at radius 2 is 2.06 bits per heavy atom. The van der Waals surface area contributed by atoms with Gasteiger partial charge in [0, 0.05) is 11.4 Å². The van der Waals surface area contributed by atoms with E-state index in [2.05, 4.69) is 15.9 Å². The number of benzene rings is 1. The molecule has 1 saturated carbocycles. The molecule has 1 fully saturated rings. The Balaban J connectivity index is 2.31. The van der Waals surface area contributed by atoms with E-state index < -0.39 is 11.6 Å². The van der Waals surface area contributed by atoms with Crippen LogP contribution in [-0.4, -0.2) is 5.88 Å². The van der Waals surface area contributed by atoms with Crippen molar-refractivity contribution < 1.29 is 8.78 Å². The first-order valence-electron chi connectivity index (χ1n) is 5.66. The van der Waals surface area contributed by atoms with Crippen LogP contribution in [0.4, 0.5) is 8.78 Å². The molecule has 17 heavy (non-hydrogen) atoms. The second-order valence-corrected chi connectivity index (χ2v) is 6.18. The molecular formula is C13H14BrClF2. The van der Waals surface area contributed by atoms with E-state index in [1.165, 1.54) is 12.1 Å². The lowest BCUT2D eigenvalue weighted by atomic mass is 9.80. The highest BCUT2D eigenvalue weighted by molar-refractivity contribution is 9.10. The first-order chi connectivity index (χ1) is 7.98. The van der Waals surface area contributed by atoms with E-state index in [9.17, 15) is 8.78 Å². The minimum Gasteiger partial charge on any atom is -0.207 e. The molecule has 0 bridgehead atoms. The van der Waals surface area contributed by atoms with Crippen molar-refractivity contribution in [1.29, 1.82) is 0 Å². The van der Waals surface area contributed by atoms with Gasteiger partial charge in [-0.05, 0) is 58.7 Å². The van der Waals surface area contributed by atoms with Crippen molar-refractivity contribution in [3.05, 3.63) is 33.8 Å². The van der Waals surface area contributed by atoms with E-state index in [1.807, 2.05) is 6.92 Å². The molecule has 94 valence electrons. The Morgan fingerprint density at radius 3 is 2.59 bits per heavy atom. The third-order valence-corrected chi connectivity index (χ3v) is 4.81. The first kappa shape index (κ1) is 13.3. The predicted octanol–water partition coefficient (Wildman–Crippen LogP) is 4.92. The van der Waals surface area contributed by atoms with Gasteiger partial charge in [0.05, 0.1) is 4.47 Å². The normalized spacial score (nSPS) is 19.1. The molecule has 0 amide bonds. The summed E-state index contributed by atoms with van der Waals surface area (Å²) in [6.07, 6.45) is 2.58. The number of halogens is 4. The van der Waals surface area contributed by atoms with Crippen LogP contribution < -0.4 is 0 Å². The molecule has 0 aromatic heterocycles. The fourth-order valence-corrected chi connectivity index (χ4v) is 2.90. The highest BCUT2D eigenvalue weighted by Gasteiger charge is 2.41. The highest BCUT2D eigenvalue weighted by atomic mass is 79.9. The third-order valence-electron chi connectivity index (χ3n) is 3.59. The lowest BCUT2D eigenvalue weighted by Gasteiger charge is -2.27. The maximum Gasteiger partial charge on any atom is 0.143 e. The Morgan fingerprint density at radius 1 is 1.41 bits per heavy atom. The second-order valence-electron chi connectivity index (χ2n) is 5.06. The molecule has 2 rings (SSSR count). The minimum atomic E-state index is -0.498. The summed E-state index contributed by atoms with van der Waals surface area (Å²) in [5, 5.41) is 0. The van der Waals surface area contributed by atoms with Gasteiger partial charge in [-0.25, -0.2) is 8.78 Å². The fourth-order valence-electron chi connectivity index (χ4n) is 2.22. The minimum absolute atomic E-state index is 0.148. The van der Waals surface area contributed by atoms with E-state index in [1.54, 1.807) is 0 Å². The summed E-state index contributed by atoms with van der Waals surface area (Å²) in [4.78, 5) is 0. The van der Waals surface area contributed by atoms with Crippen molar-refractivity contribution in [2.45, 2.75) is 26.2 Å². The summed E-state index contributed by atoms with van der Waals surface area (Å²) in [6, 6.07) is 2.69. The van der Waals surface area contributed by atoms with Crippen molar-refractivity contribution >= 4 is 27.5 Å². The molecule has 1 aliphatic carbocycles. The van der Waals surface area contributed by atoms with Crippen molar-refractivity contribution in [2.24, 2.45) is 11.3 Å². The summed E-state index contributed by atoms with van der Waals surface area (Å²) >= 11 is 9.07. The van der Waals surface area contributed by atoms with Crippen molar-refractivity contribution in [2.75, 3.05) is 5.88 Å². The average Bonchev–Trinajstić information content (AvgIpc) is 3.14. The standard InChI is InChI=1S/C13H14BrClF2/c1-13(7-15,8-2-3-8)6-9-11(16)5-4-10(14)12(9)17/h4-5,8H,2-3,6-7H2,1H3. The van der Waals surface area contributed by atoms with Crippen LogP contribution in [0.5, 0.6) is 0 Å². The van der Waals surface area contributed by atoms with Crippen LogP contribution in [0.1, 0.15) is 25.3 Å². The molecule has 0 spiro atoms. The molecule has 1 unspecified atom stereocenters. The molecule has 0 aliphatic heterocycles. The van der Waals surface area contributed by atoms with Gasteiger partial charge in [0.2, 0.25) is 0 Å². The van der Waals surface area contributed by atoms with Gasteiger partial charge < -0.3 is 0 Å². The topological polar surface area (TPSA) is 0 Å². The van der Waals surface area contributed by atoms with Crippen molar-refractivity contribution in [3.63, 3.8) is 0 Å². The highest BCUT2D eigenvalue weighted by Crippen LogP contribution is 2.48. The van der Waals surface area contributed by atoms with Gasteiger partial charge in [-0.2, -0.15) is 0 Å². The zero-order valence-electron chi connectivity index (χ0n) is 9.57. The van der Waals surface area contributed by atoms with Gasteiger partial charge in [0.1, 0.15) is 11.6 Å². The maximum absolute atomic E-state index is 13.9. The van der Waals surface area contributed by atoms with Crippen molar-refractivity contribution in [1.82, 2.24) is 0 Å². The van der Waals surface area contributed by atoms with Crippen LogP contribution in [0.2, 0.25) is 0 Å². The molecule has 0 N–H and O–H groups in total. The molecule has 4 heteroatoms. The predicted molar refractivity (Wildman–Crippen MR) is 69.3 cm³/mol. The first-order valence-corrected chi connectivity index (χ1v) is 6.99. The zero-order valence-corrected chi connectivity index (χ0v) is 11.9. The van der Waals surface area contributed by atoms with Crippen LogP contribution in [0.25, 0.3) is 0 Å². The Bertz CT molecular complexity index is 432. The lowest BCUT2D eigenvalue weighted by molar-refractivity contribution is 0.303. The van der Waals surface area contributed by atoms with Crippen LogP contribution in [0, 0.1) is 23.0 Å². The smallest absolute Gasteiger partial charge is 0.143 e. The largest absolute Gasteiger partial charge is 0.207 e. The zero-order chi connectivity index (χ0) is 12.6. The van der Waals surface area contributed by atoms with Crippen LogP contribution in [0.15, 0.2) is 16.6 Å². The van der Waals surface area contributed by atoms with Gasteiger partial charge in [-0.1, -0.05) is 6.92 Å². The van der Waals surface area contributed by atoms with Crippen LogP contribution in [0.3, 0.4) is 0 Å². The third kappa shape index (κ3) is 2.65. The number of alkyl halides is 1. The van der Waals surface area contributed by atoms with Crippen LogP contribution in [-0.2, 0) is 6.42 Å². The maximum atomic E-state index is 13.9. The van der Waals surface area contributed by atoms with Crippen molar-refractivity contribution in [3.8, 4) is 0 Å². The SMILES string of the molecule is CC(CCl)(Cc1c(F)ccc(Br)c1F)C1CC1.